The molecule has 0 aliphatic heterocycles. The van der Waals surface area contributed by atoms with Gasteiger partial charge in [-0.05, 0) is 50.6 Å². The fourth-order valence-electron chi connectivity index (χ4n) is 2.43. The summed E-state index contributed by atoms with van der Waals surface area (Å²) < 4.78 is 10.9. The van der Waals surface area contributed by atoms with E-state index in [1.807, 2.05) is 62.4 Å². The number of carbonyl (C=O) groups excluding carboxylic acids is 1. The van der Waals surface area contributed by atoms with E-state index < -0.39 is 5.41 Å². The van der Waals surface area contributed by atoms with E-state index in [4.69, 9.17) is 9.47 Å². The predicted octanol–water partition coefficient (Wildman–Crippen LogP) is 4.40. The second kappa shape index (κ2) is 7.86. The molecule has 4 nitrogen and oxygen atoms in total. The Labute approximate surface area is 143 Å². The number of hydrogen-bond acceptors (Lipinski definition) is 3. The summed E-state index contributed by atoms with van der Waals surface area (Å²) in [5.41, 5.74) is 0.879. The monoisotopic (exact) mass is 327 g/mol. The molecule has 0 spiro atoms. The molecule has 0 aliphatic rings. The van der Waals surface area contributed by atoms with Gasteiger partial charge in [0.1, 0.15) is 11.5 Å². The highest BCUT2D eigenvalue weighted by molar-refractivity contribution is 5.99. The van der Waals surface area contributed by atoms with Crippen LogP contribution in [0.15, 0.2) is 48.5 Å². The van der Waals surface area contributed by atoms with E-state index in [1.165, 1.54) is 0 Å². The zero-order valence-electron chi connectivity index (χ0n) is 14.8. The average Bonchev–Trinajstić information content (AvgIpc) is 2.61. The lowest BCUT2D eigenvalue weighted by Gasteiger charge is -2.26. The Morgan fingerprint density at radius 3 is 2.38 bits per heavy atom. The maximum atomic E-state index is 12.8. The molecular formula is C20H25NO3. The van der Waals surface area contributed by atoms with E-state index in [0.717, 1.165) is 23.4 Å². The molecule has 0 bridgehead atoms. The number of ether oxygens (including phenoxy) is 2. The SMILES string of the molecule is CCCOc1ccc(NC(=O)C(C)(C)c2ccccc2OC)cc1. The molecule has 0 radical (unpaired) electrons. The molecule has 0 heterocycles. The van der Waals surface area contributed by atoms with E-state index >= 15 is 0 Å². The van der Waals surface area contributed by atoms with Crippen LogP contribution in [0.5, 0.6) is 11.5 Å². The van der Waals surface area contributed by atoms with Gasteiger partial charge in [0.25, 0.3) is 0 Å². The molecule has 0 aromatic heterocycles. The number of anilines is 1. The van der Waals surface area contributed by atoms with E-state index in [1.54, 1.807) is 7.11 Å². The van der Waals surface area contributed by atoms with Gasteiger partial charge in [-0.1, -0.05) is 25.1 Å². The van der Waals surface area contributed by atoms with Crippen molar-refractivity contribution in [1.82, 2.24) is 0 Å². The highest BCUT2D eigenvalue weighted by Crippen LogP contribution is 2.32. The zero-order valence-corrected chi connectivity index (χ0v) is 14.8. The summed E-state index contributed by atoms with van der Waals surface area (Å²) in [4.78, 5) is 12.8. The molecule has 0 saturated heterocycles. The molecule has 0 fully saturated rings. The lowest BCUT2D eigenvalue weighted by Crippen LogP contribution is -2.35. The maximum absolute atomic E-state index is 12.8. The highest BCUT2D eigenvalue weighted by atomic mass is 16.5. The summed E-state index contributed by atoms with van der Waals surface area (Å²) in [6.45, 7) is 6.53. The summed E-state index contributed by atoms with van der Waals surface area (Å²) in [6, 6.07) is 15.0. The third-order valence-corrected chi connectivity index (χ3v) is 3.93. The van der Waals surface area contributed by atoms with Gasteiger partial charge in [-0.25, -0.2) is 0 Å². The minimum atomic E-state index is -0.718. The molecule has 128 valence electrons. The largest absolute Gasteiger partial charge is 0.496 e. The first kappa shape index (κ1) is 17.9. The lowest BCUT2D eigenvalue weighted by molar-refractivity contribution is -0.120. The Kier molecular flexibility index (Phi) is 5.85. The van der Waals surface area contributed by atoms with Crippen LogP contribution < -0.4 is 14.8 Å². The number of methoxy groups -OCH3 is 1. The van der Waals surface area contributed by atoms with Crippen LogP contribution in [0.1, 0.15) is 32.8 Å². The number of para-hydroxylation sites is 1. The second-order valence-corrected chi connectivity index (χ2v) is 6.15. The number of carbonyl (C=O) groups is 1. The molecule has 1 N–H and O–H groups in total. The van der Waals surface area contributed by atoms with Crippen LogP contribution in [0.3, 0.4) is 0 Å². The lowest BCUT2D eigenvalue weighted by atomic mass is 9.83. The molecular weight excluding hydrogens is 302 g/mol. The molecule has 0 aliphatic carbocycles. The average molecular weight is 327 g/mol. The second-order valence-electron chi connectivity index (χ2n) is 6.15. The normalized spacial score (nSPS) is 11.0. The van der Waals surface area contributed by atoms with Gasteiger partial charge in [-0.3, -0.25) is 4.79 Å². The van der Waals surface area contributed by atoms with Crippen molar-refractivity contribution in [2.24, 2.45) is 0 Å². The Bertz CT molecular complexity index is 678. The van der Waals surface area contributed by atoms with Gasteiger partial charge < -0.3 is 14.8 Å². The molecule has 2 aromatic carbocycles. The predicted molar refractivity (Wildman–Crippen MR) is 96.9 cm³/mol. The summed E-state index contributed by atoms with van der Waals surface area (Å²) in [5.74, 6) is 1.43. The minimum absolute atomic E-state index is 0.0887. The van der Waals surface area contributed by atoms with Crippen molar-refractivity contribution in [2.45, 2.75) is 32.6 Å². The summed E-state index contributed by atoms with van der Waals surface area (Å²) in [7, 11) is 1.61. The quantitative estimate of drug-likeness (QED) is 0.820. The van der Waals surface area contributed by atoms with Gasteiger partial charge in [0, 0.05) is 11.3 Å². The standard InChI is InChI=1S/C20H25NO3/c1-5-14-24-16-12-10-15(11-13-16)21-19(22)20(2,3)17-8-6-7-9-18(17)23-4/h6-13H,5,14H2,1-4H3,(H,21,22). The number of benzene rings is 2. The van der Waals surface area contributed by atoms with Crippen molar-refractivity contribution in [2.75, 3.05) is 19.0 Å². The molecule has 0 saturated carbocycles. The Morgan fingerprint density at radius 1 is 1.08 bits per heavy atom. The van der Waals surface area contributed by atoms with Gasteiger partial charge >= 0.3 is 0 Å². The van der Waals surface area contributed by atoms with Crippen LogP contribution >= 0.6 is 0 Å². The zero-order chi connectivity index (χ0) is 17.6. The van der Waals surface area contributed by atoms with Crippen LogP contribution in [0.4, 0.5) is 5.69 Å². The number of nitrogens with one attached hydrogen (secondary N) is 1. The van der Waals surface area contributed by atoms with E-state index in [-0.39, 0.29) is 5.91 Å². The van der Waals surface area contributed by atoms with Gasteiger partial charge in [-0.15, -0.1) is 0 Å². The van der Waals surface area contributed by atoms with Gasteiger partial charge in [0.05, 0.1) is 19.1 Å². The number of hydrogen-bond donors (Lipinski definition) is 1. The highest BCUT2D eigenvalue weighted by Gasteiger charge is 2.32. The third kappa shape index (κ3) is 4.07. The molecule has 1 amide bonds. The topological polar surface area (TPSA) is 47.6 Å². The van der Waals surface area contributed by atoms with Crippen LogP contribution in [0.25, 0.3) is 0 Å². The van der Waals surface area contributed by atoms with Crippen molar-refractivity contribution in [3.05, 3.63) is 54.1 Å². The first-order valence-electron chi connectivity index (χ1n) is 8.17. The van der Waals surface area contributed by atoms with Crippen LogP contribution in [0, 0.1) is 0 Å². The van der Waals surface area contributed by atoms with Crippen LogP contribution in [0.2, 0.25) is 0 Å². The van der Waals surface area contributed by atoms with Crippen molar-refractivity contribution in [3.63, 3.8) is 0 Å². The molecule has 0 atom stereocenters. The van der Waals surface area contributed by atoms with Crippen molar-refractivity contribution in [3.8, 4) is 11.5 Å². The van der Waals surface area contributed by atoms with Gasteiger partial charge in [0.2, 0.25) is 5.91 Å². The minimum Gasteiger partial charge on any atom is -0.496 e. The number of amides is 1. The molecule has 24 heavy (non-hydrogen) atoms. The van der Waals surface area contributed by atoms with Crippen LogP contribution in [-0.2, 0) is 10.2 Å². The molecule has 0 unspecified atom stereocenters. The third-order valence-electron chi connectivity index (χ3n) is 3.93. The van der Waals surface area contributed by atoms with E-state index in [2.05, 4.69) is 12.2 Å². The summed E-state index contributed by atoms with van der Waals surface area (Å²) in [5, 5.41) is 2.97. The smallest absolute Gasteiger partial charge is 0.234 e. The first-order valence-corrected chi connectivity index (χ1v) is 8.17. The van der Waals surface area contributed by atoms with Crippen LogP contribution in [-0.4, -0.2) is 19.6 Å². The Balaban J connectivity index is 2.13. The first-order chi connectivity index (χ1) is 11.5. The fourth-order valence-corrected chi connectivity index (χ4v) is 2.43. The van der Waals surface area contributed by atoms with Gasteiger partial charge in [-0.2, -0.15) is 0 Å². The van der Waals surface area contributed by atoms with Gasteiger partial charge in [0.15, 0.2) is 0 Å². The Morgan fingerprint density at radius 2 is 1.75 bits per heavy atom. The fraction of sp³-hybridized carbons (Fsp3) is 0.350. The maximum Gasteiger partial charge on any atom is 0.234 e. The Hall–Kier alpha value is -2.49. The van der Waals surface area contributed by atoms with Crippen molar-refractivity contribution >= 4 is 11.6 Å². The molecule has 2 aromatic rings. The van der Waals surface area contributed by atoms with Crippen molar-refractivity contribution < 1.29 is 14.3 Å². The number of rotatable bonds is 7. The summed E-state index contributed by atoms with van der Waals surface area (Å²) >= 11 is 0. The molecule has 2 rings (SSSR count). The molecule has 4 heteroatoms. The van der Waals surface area contributed by atoms with E-state index in [0.29, 0.717) is 12.4 Å². The van der Waals surface area contributed by atoms with Crippen molar-refractivity contribution in [1.29, 1.82) is 0 Å². The van der Waals surface area contributed by atoms with E-state index in [9.17, 15) is 4.79 Å². The summed E-state index contributed by atoms with van der Waals surface area (Å²) in [6.07, 6.45) is 0.964.